The molecule has 0 atom stereocenters. The third-order valence-electron chi connectivity index (χ3n) is 8.31. The lowest BCUT2D eigenvalue weighted by Gasteiger charge is -2.54. The minimum Gasteiger partial charge on any atom is -0.338 e. The Kier molecular flexibility index (Phi) is 5.02. The largest absolute Gasteiger partial charge is 0.338 e. The van der Waals surface area contributed by atoms with Crippen molar-refractivity contribution in [3.63, 3.8) is 0 Å². The fourth-order valence-corrected chi connectivity index (χ4v) is 7.73. The van der Waals surface area contributed by atoms with Crippen LogP contribution in [0.25, 0.3) is 4.96 Å². The molecule has 8 heteroatoms. The van der Waals surface area contributed by atoms with E-state index in [1.807, 2.05) is 10.3 Å². The summed E-state index contributed by atoms with van der Waals surface area (Å²) in [4.78, 5) is 34.6. The van der Waals surface area contributed by atoms with Crippen molar-refractivity contribution in [3.05, 3.63) is 33.7 Å². The summed E-state index contributed by atoms with van der Waals surface area (Å²) in [5, 5.41) is 5.17. The molecule has 2 amide bonds. The van der Waals surface area contributed by atoms with Crippen LogP contribution in [0, 0.1) is 29.6 Å². The number of amides is 2. The molecule has 0 radical (unpaired) electrons. The van der Waals surface area contributed by atoms with Gasteiger partial charge in [0.1, 0.15) is 0 Å². The molecule has 5 aliphatic rings. The van der Waals surface area contributed by atoms with Crippen molar-refractivity contribution in [2.75, 3.05) is 32.7 Å². The number of thiazole rings is 1. The maximum Gasteiger partial charge on any atom is 0.317 e. The van der Waals surface area contributed by atoms with Gasteiger partial charge in [0.25, 0.3) is 5.56 Å². The number of piperazine rings is 1. The fraction of sp³-hybridized carbons (Fsp3) is 0.696. The summed E-state index contributed by atoms with van der Waals surface area (Å²) in [5.41, 5.74) is 0.788. The Balaban J connectivity index is 0.999. The number of urea groups is 1. The summed E-state index contributed by atoms with van der Waals surface area (Å²) in [6.45, 7) is 4.62. The zero-order chi connectivity index (χ0) is 20.9. The molecule has 0 spiro atoms. The second-order valence-electron chi connectivity index (χ2n) is 10.2. The smallest absolute Gasteiger partial charge is 0.317 e. The van der Waals surface area contributed by atoms with Gasteiger partial charge in [0.15, 0.2) is 4.96 Å². The molecule has 0 unspecified atom stereocenters. The Hall–Kier alpha value is -1.93. The van der Waals surface area contributed by atoms with Crippen molar-refractivity contribution in [2.24, 2.45) is 29.6 Å². The Morgan fingerprint density at radius 1 is 1.06 bits per heavy atom. The van der Waals surface area contributed by atoms with Crippen LogP contribution in [0.15, 0.2) is 22.4 Å². The highest BCUT2D eigenvalue weighted by atomic mass is 32.1. The van der Waals surface area contributed by atoms with Crippen molar-refractivity contribution in [1.29, 1.82) is 0 Å². The maximum atomic E-state index is 12.8. The molecule has 166 valence electrons. The summed E-state index contributed by atoms with van der Waals surface area (Å²) < 4.78 is 1.58. The molecule has 0 aromatic carbocycles. The van der Waals surface area contributed by atoms with E-state index in [9.17, 15) is 9.59 Å². The second-order valence-corrected chi connectivity index (χ2v) is 11.1. The molecule has 1 aliphatic heterocycles. The van der Waals surface area contributed by atoms with E-state index in [4.69, 9.17) is 0 Å². The molecular formula is C23H31N5O2S. The molecule has 1 N–H and O–H groups in total. The minimum atomic E-state index is -0.0240. The number of aromatic nitrogens is 2. The van der Waals surface area contributed by atoms with E-state index in [1.54, 1.807) is 16.7 Å². The van der Waals surface area contributed by atoms with Gasteiger partial charge in [-0.25, -0.2) is 9.78 Å². The molecule has 1 saturated heterocycles. The molecule has 2 aromatic rings. The lowest BCUT2D eigenvalue weighted by molar-refractivity contribution is -0.0347. The molecule has 31 heavy (non-hydrogen) atoms. The van der Waals surface area contributed by atoms with Gasteiger partial charge in [-0.2, -0.15) is 0 Å². The third kappa shape index (κ3) is 3.78. The summed E-state index contributed by atoms with van der Waals surface area (Å²) in [7, 11) is 0. The molecule has 7 nitrogen and oxygen atoms in total. The molecule has 2 aromatic heterocycles. The van der Waals surface area contributed by atoms with Crippen LogP contribution in [0.3, 0.4) is 0 Å². The topological polar surface area (TPSA) is 70.0 Å². The van der Waals surface area contributed by atoms with Gasteiger partial charge in [-0.05, 0) is 61.7 Å². The maximum absolute atomic E-state index is 12.8. The lowest BCUT2D eigenvalue weighted by Crippen LogP contribution is -2.54. The molecule has 5 fully saturated rings. The average molecular weight is 442 g/mol. The van der Waals surface area contributed by atoms with E-state index in [0.29, 0.717) is 12.5 Å². The first-order valence-corrected chi connectivity index (χ1v) is 12.7. The Morgan fingerprint density at radius 2 is 1.77 bits per heavy atom. The molecule has 4 aliphatic carbocycles. The third-order valence-corrected chi connectivity index (χ3v) is 9.07. The van der Waals surface area contributed by atoms with Gasteiger partial charge in [0.2, 0.25) is 0 Å². The van der Waals surface area contributed by atoms with Gasteiger partial charge in [0, 0.05) is 56.9 Å². The number of nitrogens with zero attached hydrogens (tertiary/aromatic N) is 4. The summed E-state index contributed by atoms with van der Waals surface area (Å²) in [5.74, 6) is 4.37. The minimum absolute atomic E-state index is 0.0240. The van der Waals surface area contributed by atoms with Crippen molar-refractivity contribution >= 4 is 22.3 Å². The molecule has 3 heterocycles. The zero-order valence-electron chi connectivity index (χ0n) is 17.9. The normalized spacial score (nSPS) is 32.6. The Bertz CT molecular complexity index is 996. The quantitative estimate of drug-likeness (QED) is 0.792. The number of fused-ring (bicyclic) bond motifs is 1. The predicted molar refractivity (Wildman–Crippen MR) is 120 cm³/mol. The SMILES string of the molecule is O=C(NCC1C2CC3CC(C2)CC1C3)N1CCN(Cc2cc(=O)n3ccsc3n2)CC1. The van der Waals surface area contributed by atoms with E-state index in [1.165, 1.54) is 43.4 Å². The first-order valence-electron chi connectivity index (χ1n) is 11.8. The van der Waals surface area contributed by atoms with Crippen LogP contribution in [0.1, 0.15) is 37.8 Å². The molecule has 4 saturated carbocycles. The monoisotopic (exact) mass is 441 g/mol. The summed E-state index contributed by atoms with van der Waals surface area (Å²) in [6, 6.07) is 1.73. The fourth-order valence-electron chi connectivity index (χ4n) is 7.00. The van der Waals surface area contributed by atoms with E-state index in [-0.39, 0.29) is 11.6 Å². The van der Waals surface area contributed by atoms with Gasteiger partial charge in [-0.15, -0.1) is 11.3 Å². The zero-order valence-corrected chi connectivity index (χ0v) is 18.7. The highest BCUT2D eigenvalue weighted by Gasteiger charge is 2.48. The van der Waals surface area contributed by atoms with E-state index >= 15 is 0 Å². The molecule has 4 bridgehead atoms. The number of carbonyl (C=O) groups excluding carboxylic acids is 1. The summed E-state index contributed by atoms with van der Waals surface area (Å²) in [6.07, 6.45) is 8.85. The average Bonchev–Trinajstić information content (AvgIpc) is 3.22. The van der Waals surface area contributed by atoms with Gasteiger partial charge < -0.3 is 10.2 Å². The second kappa shape index (κ2) is 7.89. The number of hydrogen-bond acceptors (Lipinski definition) is 5. The number of rotatable bonds is 4. The van der Waals surface area contributed by atoms with Crippen molar-refractivity contribution in [2.45, 2.75) is 38.6 Å². The van der Waals surface area contributed by atoms with Crippen LogP contribution in [-0.4, -0.2) is 57.9 Å². The highest BCUT2D eigenvalue weighted by Crippen LogP contribution is 2.56. The first kappa shape index (κ1) is 19.7. The number of nitrogens with one attached hydrogen (secondary N) is 1. The van der Waals surface area contributed by atoms with Gasteiger partial charge >= 0.3 is 6.03 Å². The van der Waals surface area contributed by atoms with Gasteiger partial charge in [-0.3, -0.25) is 14.1 Å². The lowest BCUT2D eigenvalue weighted by atomic mass is 9.52. The van der Waals surface area contributed by atoms with Gasteiger partial charge in [-0.1, -0.05) is 0 Å². The van der Waals surface area contributed by atoms with Crippen molar-refractivity contribution in [1.82, 2.24) is 24.5 Å². The van der Waals surface area contributed by atoms with Crippen LogP contribution in [0.4, 0.5) is 4.79 Å². The highest BCUT2D eigenvalue weighted by molar-refractivity contribution is 7.15. The van der Waals surface area contributed by atoms with Crippen LogP contribution < -0.4 is 10.9 Å². The standard InChI is InChI=1S/C23H31N5O2S/c29-21-12-19(25-23-28(21)5-6-31-23)14-26-1-3-27(4-2-26)22(30)24-13-20-17-8-15-7-16(10-17)11-18(20)9-15/h5-6,12,15-18,20H,1-4,7-11,13-14H2,(H,24,30). The van der Waals surface area contributed by atoms with Crippen LogP contribution in [0.5, 0.6) is 0 Å². The Labute approximate surface area is 186 Å². The van der Waals surface area contributed by atoms with E-state index < -0.39 is 0 Å². The van der Waals surface area contributed by atoms with Crippen LogP contribution >= 0.6 is 11.3 Å². The predicted octanol–water partition coefficient (Wildman–Crippen LogP) is 2.66. The van der Waals surface area contributed by atoms with Crippen molar-refractivity contribution < 1.29 is 4.79 Å². The Morgan fingerprint density at radius 3 is 2.48 bits per heavy atom. The molecule has 7 rings (SSSR count). The van der Waals surface area contributed by atoms with E-state index in [2.05, 4.69) is 15.2 Å². The molecular weight excluding hydrogens is 410 g/mol. The first-order chi connectivity index (χ1) is 15.1. The van der Waals surface area contributed by atoms with Crippen LogP contribution in [-0.2, 0) is 6.54 Å². The van der Waals surface area contributed by atoms with Crippen molar-refractivity contribution in [3.8, 4) is 0 Å². The van der Waals surface area contributed by atoms with E-state index in [0.717, 1.165) is 67.1 Å². The number of hydrogen-bond donors (Lipinski definition) is 1. The summed E-state index contributed by atoms with van der Waals surface area (Å²) >= 11 is 1.48. The van der Waals surface area contributed by atoms with Gasteiger partial charge in [0.05, 0.1) is 5.69 Å². The van der Waals surface area contributed by atoms with Crippen LogP contribution in [0.2, 0.25) is 0 Å². The number of carbonyl (C=O) groups is 1.